The first-order valence-electron chi connectivity index (χ1n) is 6.84. The van der Waals surface area contributed by atoms with Crippen molar-refractivity contribution in [2.24, 2.45) is 0 Å². The van der Waals surface area contributed by atoms with E-state index in [9.17, 15) is 8.42 Å². The molecule has 6 nitrogen and oxygen atoms in total. The Morgan fingerprint density at radius 2 is 2.05 bits per heavy atom. The largest absolute Gasteiger partial charge is 0.398 e. The minimum absolute atomic E-state index is 0. The summed E-state index contributed by atoms with van der Waals surface area (Å²) in [5.41, 5.74) is 9.27. The van der Waals surface area contributed by atoms with Gasteiger partial charge in [0.15, 0.2) is 0 Å². The van der Waals surface area contributed by atoms with Crippen molar-refractivity contribution in [3.05, 3.63) is 35.2 Å². The number of H-pyrrole nitrogens is 1. The van der Waals surface area contributed by atoms with Gasteiger partial charge in [0.25, 0.3) is 10.0 Å². The smallest absolute Gasteiger partial charge is 0.267 e. The topological polar surface area (TPSA) is 92.1 Å². The zero-order valence-electron chi connectivity index (χ0n) is 12.5. The van der Waals surface area contributed by atoms with E-state index >= 15 is 0 Å². The second kappa shape index (κ2) is 5.81. The molecule has 120 valence electrons. The number of hydrogen-bond donors (Lipinski definition) is 2. The Labute approximate surface area is 136 Å². The van der Waals surface area contributed by atoms with Gasteiger partial charge in [-0.3, -0.25) is 9.40 Å². The molecular weight excluding hydrogens is 324 g/mol. The molecule has 0 aliphatic carbocycles. The average Bonchev–Trinajstić information content (AvgIpc) is 2.78. The number of nitrogens with one attached hydrogen (secondary N) is 1. The maximum atomic E-state index is 13.0. The fraction of sp³-hybridized carbons (Fsp3) is 0.357. The van der Waals surface area contributed by atoms with Crippen molar-refractivity contribution in [3.8, 4) is 0 Å². The summed E-state index contributed by atoms with van der Waals surface area (Å²) in [4.78, 5) is 0.262. The molecule has 1 aliphatic rings. The number of aromatic amines is 1. The zero-order chi connectivity index (χ0) is 15.2. The van der Waals surface area contributed by atoms with Gasteiger partial charge in [-0.25, -0.2) is 8.42 Å². The standard InChI is InChI=1S/C14H18N4O2S.ClH/c1-9-14(10(2)17-16-9)21(19,20)18-8-4-5-11-12(15)6-3-7-13(11)18;/h3,6-7H,4-5,8,15H2,1-2H3,(H,16,17);1H. The molecule has 0 bridgehead atoms. The number of halogens is 1. The van der Waals surface area contributed by atoms with E-state index in [2.05, 4.69) is 10.2 Å². The van der Waals surface area contributed by atoms with Crippen LogP contribution in [0.4, 0.5) is 11.4 Å². The quantitative estimate of drug-likeness (QED) is 0.818. The Hall–Kier alpha value is -1.73. The molecule has 0 fully saturated rings. The van der Waals surface area contributed by atoms with Crippen LogP contribution < -0.4 is 10.0 Å². The van der Waals surface area contributed by atoms with Gasteiger partial charge in [-0.15, -0.1) is 12.4 Å². The maximum absolute atomic E-state index is 13.0. The van der Waals surface area contributed by atoms with Crippen molar-refractivity contribution in [3.63, 3.8) is 0 Å². The summed E-state index contributed by atoms with van der Waals surface area (Å²) in [6, 6.07) is 5.41. The summed E-state index contributed by atoms with van der Waals surface area (Å²) < 4.78 is 27.4. The molecule has 0 unspecified atom stereocenters. The number of rotatable bonds is 2. The lowest BCUT2D eigenvalue weighted by atomic mass is 10.0. The van der Waals surface area contributed by atoms with Gasteiger partial charge in [0.1, 0.15) is 4.90 Å². The number of fused-ring (bicyclic) bond motifs is 1. The number of anilines is 2. The number of aromatic nitrogens is 2. The number of hydrogen-bond acceptors (Lipinski definition) is 4. The van der Waals surface area contributed by atoms with Crippen LogP contribution in [0.15, 0.2) is 23.1 Å². The van der Waals surface area contributed by atoms with Crippen LogP contribution >= 0.6 is 12.4 Å². The number of nitrogens with two attached hydrogens (primary N) is 1. The van der Waals surface area contributed by atoms with Gasteiger partial charge in [0, 0.05) is 12.2 Å². The highest BCUT2D eigenvalue weighted by Gasteiger charge is 2.33. The van der Waals surface area contributed by atoms with Gasteiger partial charge in [-0.2, -0.15) is 5.10 Å². The van der Waals surface area contributed by atoms with Crippen molar-refractivity contribution >= 4 is 33.8 Å². The van der Waals surface area contributed by atoms with E-state index in [1.165, 1.54) is 4.31 Å². The molecule has 22 heavy (non-hydrogen) atoms. The molecule has 1 aromatic heterocycles. The SMILES string of the molecule is Cc1n[nH]c(C)c1S(=O)(=O)N1CCCc2c(N)cccc21.Cl. The monoisotopic (exact) mass is 342 g/mol. The summed E-state index contributed by atoms with van der Waals surface area (Å²) in [6.07, 6.45) is 1.56. The second-order valence-corrected chi connectivity index (χ2v) is 7.09. The summed E-state index contributed by atoms with van der Waals surface area (Å²) >= 11 is 0. The van der Waals surface area contributed by atoms with Crippen molar-refractivity contribution < 1.29 is 8.42 Å². The van der Waals surface area contributed by atoms with Crippen LogP contribution in [0.1, 0.15) is 23.4 Å². The van der Waals surface area contributed by atoms with Crippen LogP contribution in [-0.4, -0.2) is 25.2 Å². The third-order valence-electron chi connectivity index (χ3n) is 3.85. The molecule has 0 saturated carbocycles. The van der Waals surface area contributed by atoms with Gasteiger partial charge >= 0.3 is 0 Å². The van der Waals surface area contributed by atoms with Crippen LogP contribution in [0.2, 0.25) is 0 Å². The van der Waals surface area contributed by atoms with Gasteiger partial charge in [-0.05, 0) is 44.4 Å². The lowest BCUT2D eigenvalue weighted by molar-refractivity contribution is 0.585. The molecule has 8 heteroatoms. The van der Waals surface area contributed by atoms with Crippen molar-refractivity contribution in [2.75, 3.05) is 16.6 Å². The molecule has 3 rings (SSSR count). The predicted molar refractivity (Wildman–Crippen MR) is 89.0 cm³/mol. The molecule has 0 amide bonds. The van der Waals surface area contributed by atoms with E-state index in [-0.39, 0.29) is 17.3 Å². The number of aryl methyl sites for hydroxylation is 2. The zero-order valence-corrected chi connectivity index (χ0v) is 14.1. The molecule has 1 aliphatic heterocycles. The molecule has 0 radical (unpaired) electrons. The Morgan fingerprint density at radius 3 is 2.68 bits per heavy atom. The van der Waals surface area contributed by atoms with Gasteiger partial charge in [0.05, 0.1) is 17.1 Å². The fourth-order valence-corrected chi connectivity index (χ4v) is 4.77. The van der Waals surface area contributed by atoms with E-state index < -0.39 is 10.0 Å². The Kier molecular flexibility index (Phi) is 4.39. The van der Waals surface area contributed by atoms with E-state index in [4.69, 9.17) is 5.73 Å². The summed E-state index contributed by atoms with van der Waals surface area (Å²) in [6.45, 7) is 3.88. The Balaban J connectivity index is 0.00000176. The maximum Gasteiger partial charge on any atom is 0.267 e. The van der Waals surface area contributed by atoms with Crippen molar-refractivity contribution in [1.82, 2.24) is 10.2 Å². The predicted octanol–water partition coefficient (Wildman–Crippen LogP) is 2.17. The van der Waals surface area contributed by atoms with Crippen molar-refractivity contribution in [2.45, 2.75) is 31.6 Å². The highest BCUT2D eigenvalue weighted by molar-refractivity contribution is 7.93. The number of sulfonamides is 1. The van der Waals surface area contributed by atoms with Crippen LogP contribution in [-0.2, 0) is 16.4 Å². The molecule has 3 N–H and O–H groups in total. The number of nitrogen functional groups attached to an aromatic ring is 1. The Bertz CT molecular complexity index is 782. The van der Waals surface area contributed by atoms with E-state index in [0.29, 0.717) is 29.3 Å². The van der Waals surface area contributed by atoms with Crippen molar-refractivity contribution in [1.29, 1.82) is 0 Å². The molecule has 2 heterocycles. The highest BCUT2D eigenvalue weighted by atomic mass is 35.5. The first-order chi connectivity index (χ1) is 9.93. The first-order valence-corrected chi connectivity index (χ1v) is 8.28. The van der Waals surface area contributed by atoms with E-state index in [1.807, 2.05) is 12.1 Å². The summed E-state index contributed by atoms with van der Waals surface area (Å²) in [5, 5.41) is 6.73. The van der Waals surface area contributed by atoms with Gasteiger partial charge < -0.3 is 5.73 Å². The molecule has 0 saturated heterocycles. The molecule has 1 aromatic carbocycles. The number of benzene rings is 1. The van der Waals surface area contributed by atoms with Crippen LogP contribution in [0.25, 0.3) is 0 Å². The third-order valence-corrected chi connectivity index (χ3v) is 5.93. The molecule has 0 atom stereocenters. The van der Waals surface area contributed by atoms with Crippen LogP contribution in [0.5, 0.6) is 0 Å². The van der Waals surface area contributed by atoms with Crippen LogP contribution in [0.3, 0.4) is 0 Å². The lowest BCUT2D eigenvalue weighted by Gasteiger charge is -2.31. The number of nitrogens with zero attached hydrogens (tertiary/aromatic N) is 2. The van der Waals surface area contributed by atoms with Crippen LogP contribution in [0, 0.1) is 13.8 Å². The van der Waals surface area contributed by atoms with Gasteiger partial charge in [-0.1, -0.05) is 6.07 Å². The summed E-state index contributed by atoms with van der Waals surface area (Å²) in [5.74, 6) is 0. The fourth-order valence-electron chi connectivity index (χ4n) is 2.90. The minimum atomic E-state index is -3.63. The average molecular weight is 343 g/mol. The van der Waals surface area contributed by atoms with E-state index in [1.54, 1.807) is 19.9 Å². The first kappa shape index (κ1) is 16.6. The second-order valence-electron chi connectivity index (χ2n) is 5.29. The molecular formula is C14H19ClN4O2S. The third kappa shape index (κ3) is 2.44. The minimum Gasteiger partial charge on any atom is -0.398 e. The normalized spacial score (nSPS) is 14.4. The molecule has 2 aromatic rings. The Morgan fingerprint density at radius 1 is 1.32 bits per heavy atom. The molecule has 0 spiro atoms. The highest BCUT2D eigenvalue weighted by Crippen LogP contribution is 2.35. The van der Waals surface area contributed by atoms with Gasteiger partial charge in [0.2, 0.25) is 0 Å². The van der Waals surface area contributed by atoms with E-state index in [0.717, 1.165) is 18.4 Å². The summed E-state index contributed by atoms with van der Waals surface area (Å²) in [7, 11) is -3.63. The lowest BCUT2D eigenvalue weighted by Crippen LogP contribution is -2.36.